The maximum absolute atomic E-state index is 2.48. The molecule has 10 aromatic rings. The van der Waals surface area contributed by atoms with E-state index in [1.165, 1.54) is 156 Å². The molecule has 0 bridgehead atoms. The van der Waals surface area contributed by atoms with Gasteiger partial charge in [0.25, 0.3) is 0 Å². The van der Waals surface area contributed by atoms with Crippen LogP contribution in [0.5, 0.6) is 0 Å². The average molecular weight is 1100 g/mol. The molecule has 0 nitrogen and oxygen atoms in total. The van der Waals surface area contributed by atoms with Crippen LogP contribution in [0.3, 0.4) is 0 Å². The molecule has 0 saturated heterocycles. The molecule has 0 heterocycles. The zero-order chi connectivity index (χ0) is 59.8. The monoisotopic (exact) mass is 1090 g/mol. The molecule has 0 spiro atoms. The molecule has 0 fully saturated rings. The van der Waals surface area contributed by atoms with Crippen LogP contribution in [-0.4, -0.2) is 0 Å². The van der Waals surface area contributed by atoms with Crippen molar-refractivity contribution >= 4 is 0 Å². The lowest BCUT2D eigenvalue weighted by molar-refractivity contribution is 0.586. The van der Waals surface area contributed by atoms with Gasteiger partial charge in [-0.15, -0.1) is 0 Å². The van der Waals surface area contributed by atoms with Gasteiger partial charge in [0.1, 0.15) is 0 Å². The van der Waals surface area contributed by atoms with Crippen LogP contribution in [0.25, 0.3) is 100 Å². The minimum absolute atomic E-state index is 0.00223. The molecular formula is C84H86. The van der Waals surface area contributed by atoms with Crippen molar-refractivity contribution in [2.75, 3.05) is 0 Å². The van der Waals surface area contributed by atoms with Crippen LogP contribution in [0.1, 0.15) is 166 Å². The van der Waals surface area contributed by atoms with Gasteiger partial charge in [0.05, 0.1) is 0 Å². The second kappa shape index (κ2) is 19.9. The van der Waals surface area contributed by atoms with Crippen LogP contribution in [0.2, 0.25) is 0 Å². The zero-order valence-electron chi connectivity index (χ0n) is 53.5. The van der Waals surface area contributed by atoms with Gasteiger partial charge in [-0.3, -0.25) is 0 Å². The Labute approximate surface area is 504 Å². The van der Waals surface area contributed by atoms with Gasteiger partial charge >= 0.3 is 0 Å². The number of hydrogen-bond donors (Lipinski definition) is 0. The van der Waals surface area contributed by atoms with Crippen LogP contribution in [-0.2, 0) is 32.5 Å². The first-order valence-electron chi connectivity index (χ1n) is 30.8. The molecule has 0 heteroatoms. The van der Waals surface area contributed by atoms with Crippen molar-refractivity contribution < 1.29 is 0 Å². The molecule has 0 aromatic heterocycles. The lowest BCUT2D eigenvalue weighted by atomic mass is 9.78. The molecular weight excluding hydrogens is 1010 g/mol. The summed E-state index contributed by atoms with van der Waals surface area (Å²) >= 11 is 0. The fourth-order valence-corrected chi connectivity index (χ4v) is 14.1. The molecule has 84 heavy (non-hydrogen) atoms. The topological polar surface area (TPSA) is 0 Å². The SMILES string of the molecule is Cc1c(-c2ccc(C(C)(C)C)cc2)cc(-c2ccc3c(c2)C(C)(C)c2cc(-c4ccc(-c5ccc(-c6ccc7c(c6)C(C)(C)c6cc(-c8cc(-c9ccc(C(C)(C)C)cc9)c(C)c(C(C)(C)C)c8)ccc6-7)cc5)cc4)ccc2-3)cc1C(C)(C)C. The Morgan fingerprint density at radius 2 is 0.440 bits per heavy atom. The molecule has 0 saturated carbocycles. The van der Waals surface area contributed by atoms with Gasteiger partial charge in [-0.1, -0.05) is 269 Å². The Balaban J connectivity index is 0.776. The van der Waals surface area contributed by atoms with Gasteiger partial charge in [0.15, 0.2) is 0 Å². The predicted molar refractivity (Wildman–Crippen MR) is 364 cm³/mol. The van der Waals surface area contributed by atoms with Crippen LogP contribution in [0, 0.1) is 13.8 Å². The standard InChI is InChI=1S/C84H86/c1-51-71(57-27-35-65(36-28-57)79(3,4)5)43-63(49-73(51)81(9,10)11)61-33-41-69-67-39-31-59(45-75(67)83(15,16)77(69)47-61)55-23-19-53(20-24-55)54-21-25-56(26-22-54)60-32-40-68-70-42-34-62(48-78(70)84(17,18)76(68)46-60)64-44-72(52(2)74(50-64)82(12,13)14)58-29-37-66(38-30-58)80(6,7)8/h19-50H,1-18H3. The van der Waals surface area contributed by atoms with E-state index in [0.29, 0.717) is 0 Å². The summed E-state index contributed by atoms with van der Waals surface area (Å²) in [5, 5.41) is 0. The lowest BCUT2D eigenvalue weighted by Crippen LogP contribution is -2.15. The first kappa shape index (κ1) is 56.7. The molecule has 2 aliphatic carbocycles. The summed E-state index contributed by atoms with van der Waals surface area (Å²) in [5.41, 5.74) is 36.8. The predicted octanol–water partition coefficient (Wildman–Crippen LogP) is 23.8. The van der Waals surface area contributed by atoms with E-state index in [1.807, 2.05) is 0 Å². The van der Waals surface area contributed by atoms with Crippen LogP contribution in [0.15, 0.2) is 194 Å². The fraction of sp³-hybridized carbons (Fsp3) is 0.286. The zero-order valence-corrected chi connectivity index (χ0v) is 53.5. The van der Waals surface area contributed by atoms with Gasteiger partial charge in [0.2, 0.25) is 0 Å². The molecule has 0 unspecified atom stereocenters. The van der Waals surface area contributed by atoms with Crippen molar-refractivity contribution in [3.05, 3.63) is 250 Å². The van der Waals surface area contributed by atoms with Crippen LogP contribution in [0.4, 0.5) is 0 Å². The number of hydrogen-bond acceptors (Lipinski definition) is 0. The average Bonchev–Trinajstić information content (AvgIpc) is 2.17. The largest absolute Gasteiger partial charge is 0.0579 e. The molecule has 0 aliphatic heterocycles. The van der Waals surface area contributed by atoms with Crippen molar-refractivity contribution in [3.8, 4) is 100 Å². The van der Waals surface area contributed by atoms with E-state index in [-0.39, 0.29) is 32.5 Å². The number of rotatable bonds is 7. The van der Waals surface area contributed by atoms with Gasteiger partial charge < -0.3 is 0 Å². The molecule has 0 N–H and O–H groups in total. The van der Waals surface area contributed by atoms with E-state index < -0.39 is 0 Å². The number of benzene rings is 10. The van der Waals surface area contributed by atoms with E-state index in [2.05, 4.69) is 319 Å². The Morgan fingerprint density at radius 3 is 0.690 bits per heavy atom. The molecule has 0 atom stereocenters. The summed E-state index contributed by atoms with van der Waals surface area (Å²) < 4.78 is 0. The van der Waals surface area contributed by atoms with E-state index in [0.717, 1.165) is 0 Å². The Kier molecular flexibility index (Phi) is 13.4. The second-order valence-corrected chi connectivity index (χ2v) is 30.0. The summed E-state index contributed by atoms with van der Waals surface area (Å²) in [6.07, 6.45) is 0. The highest BCUT2D eigenvalue weighted by molar-refractivity contribution is 5.89. The van der Waals surface area contributed by atoms with Gasteiger partial charge in [-0.2, -0.15) is 0 Å². The van der Waals surface area contributed by atoms with Crippen molar-refractivity contribution in [3.63, 3.8) is 0 Å². The Morgan fingerprint density at radius 1 is 0.214 bits per heavy atom. The van der Waals surface area contributed by atoms with Crippen molar-refractivity contribution in [2.45, 2.75) is 157 Å². The van der Waals surface area contributed by atoms with Crippen molar-refractivity contribution in [1.29, 1.82) is 0 Å². The van der Waals surface area contributed by atoms with Crippen molar-refractivity contribution in [1.82, 2.24) is 0 Å². The highest BCUT2D eigenvalue weighted by atomic mass is 14.4. The first-order chi connectivity index (χ1) is 39.5. The van der Waals surface area contributed by atoms with Gasteiger partial charge in [-0.05, 0) is 228 Å². The highest BCUT2D eigenvalue weighted by Crippen LogP contribution is 2.53. The van der Waals surface area contributed by atoms with E-state index in [1.54, 1.807) is 0 Å². The third-order valence-electron chi connectivity index (χ3n) is 19.3. The normalized spacial score (nSPS) is 14.3. The molecule has 0 radical (unpaired) electrons. The van der Waals surface area contributed by atoms with Crippen molar-refractivity contribution in [2.24, 2.45) is 0 Å². The highest BCUT2D eigenvalue weighted by Gasteiger charge is 2.38. The van der Waals surface area contributed by atoms with Crippen LogP contribution >= 0.6 is 0 Å². The minimum atomic E-state index is -0.159. The Hall–Kier alpha value is -7.80. The molecule has 12 rings (SSSR count). The molecule has 2 aliphatic rings. The molecule has 422 valence electrons. The minimum Gasteiger partial charge on any atom is -0.0579 e. The first-order valence-corrected chi connectivity index (χ1v) is 30.8. The quantitative estimate of drug-likeness (QED) is 0.149. The maximum atomic E-state index is 2.48. The molecule has 0 amide bonds. The van der Waals surface area contributed by atoms with E-state index in [4.69, 9.17) is 0 Å². The smallest absolute Gasteiger partial charge is 0.0159 e. The van der Waals surface area contributed by atoms with E-state index in [9.17, 15) is 0 Å². The third-order valence-corrected chi connectivity index (χ3v) is 19.3. The lowest BCUT2D eigenvalue weighted by Gasteiger charge is -2.26. The number of fused-ring (bicyclic) bond motifs is 6. The van der Waals surface area contributed by atoms with Crippen LogP contribution < -0.4 is 0 Å². The van der Waals surface area contributed by atoms with E-state index >= 15 is 0 Å². The summed E-state index contributed by atoms with van der Waals surface area (Å²) in [4.78, 5) is 0. The van der Waals surface area contributed by atoms with Gasteiger partial charge in [0, 0.05) is 10.8 Å². The summed E-state index contributed by atoms with van der Waals surface area (Å²) in [6, 6.07) is 75.4. The van der Waals surface area contributed by atoms with Gasteiger partial charge in [-0.25, -0.2) is 0 Å². The summed E-state index contributed by atoms with van der Waals surface area (Å²) in [5.74, 6) is 0. The maximum Gasteiger partial charge on any atom is 0.0159 e. The summed E-state index contributed by atoms with van der Waals surface area (Å²) in [6.45, 7) is 42.0. The molecule has 10 aromatic carbocycles. The fourth-order valence-electron chi connectivity index (χ4n) is 14.1. The third kappa shape index (κ3) is 9.92. The summed E-state index contributed by atoms with van der Waals surface area (Å²) in [7, 11) is 0. The second-order valence-electron chi connectivity index (χ2n) is 30.0. The Bertz CT molecular complexity index is 3940.